The molecular weight excluding hydrogens is 290 g/mol. The van der Waals surface area contributed by atoms with Gasteiger partial charge in [0.25, 0.3) is 0 Å². The molecular formula is C15H14ClN3O2. The molecule has 5 nitrogen and oxygen atoms in total. The van der Waals surface area contributed by atoms with E-state index in [-0.39, 0.29) is 5.75 Å². The van der Waals surface area contributed by atoms with Crippen LogP contribution < -0.4 is 10.7 Å². The number of benzene rings is 2. The third-order valence-corrected chi connectivity index (χ3v) is 3.23. The van der Waals surface area contributed by atoms with Gasteiger partial charge in [-0.3, -0.25) is 0 Å². The molecule has 0 atom stereocenters. The van der Waals surface area contributed by atoms with E-state index in [2.05, 4.69) is 15.8 Å². The number of urea groups is 1. The number of carbonyl (C=O) groups is 1. The van der Waals surface area contributed by atoms with Crippen LogP contribution in [-0.2, 0) is 0 Å². The Labute approximate surface area is 127 Å². The van der Waals surface area contributed by atoms with Crippen LogP contribution in [0.1, 0.15) is 11.1 Å². The fourth-order valence-electron chi connectivity index (χ4n) is 1.65. The Morgan fingerprint density at radius 2 is 2.00 bits per heavy atom. The molecule has 0 heterocycles. The summed E-state index contributed by atoms with van der Waals surface area (Å²) in [6, 6.07) is 11.4. The Bertz CT molecular complexity index is 686. The molecule has 2 rings (SSSR count). The van der Waals surface area contributed by atoms with E-state index in [0.717, 1.165) is 5.56 Å². The van der Waals surface area contributed by atoms with E-state index in [9.17, 15) is 9.90 Å². The zero-order valence-corrected chi connectivity index (χ0v) is 12.1. The standard InChI is InChI=1S/C15H14ClN3O2/c1-10-12(16)6-4-7-13(10)18-15(21)19-17-9-11-5-2-3-8-14(11)20/h2-9,20H,1H3,(H2,18,19,21)/b17-9+. The molecule has 0 unspecified atom stereocenters. The van der Waals surface area contributed by atoms with Crippen LogP contribution in [0.15, 0.2) is 47.6 Å². The molecule has 3 N–H and O–H groups in total. The van der Waals surface area contributed by atoms with E-state index in [1.165, 1.54) is 12.3 Å². The molecule has 0 aliphatic heterocycles. The minimum atomic E-state index is -0.493. The van der Waals surface area contributed by atoms with E-state index in [1.807, 2.05) is 6.92 Å². The summed E-state index contributed by atoms with van der Waals surface area (Å²) in [4.78, 5) is 11.7. The van der Waals surface area contributed by atoms with Gasteiger partial charge in [-0.2, -0.15) is 5.10 Å². The summed E-state index contributed by atoms with van der Waals surface area (Å²) in [7, 11) is 0. The molecule has 0 saturated carbocycles. The van der Waals surface area contributed by atoms with Gasteiger partial charge in [-0.25, -0.2) is 10.2 Å². The number of anilines is 1. The smallest absolute Gasteiger partial charge is 0.339 e. The van der Waals surface area contributed by atoms with Crippen LogP contribution >= 0.6 is 11.6 Å². The van der Waals surface area contributed by atoms with Crippen LogP contribution in [0, 0.1) is 6.92 Å². The van der Waals surface area contributed by atoms with Crippen molar-refractivity contribution in [2.45, 2.75) is 6.92 Å². The summed E-state index contributed by atoms with van der Waals surface area (Å²) >= 11 is 5.97. The van der Waals surface area contributed by atoms with Crippen molar-refractivity contribution in [2.24, 2.45) is 5.10 Å². The zero-order chi connectivity index (χ0) is 15.2. The molecule has 0 aromatic heterocycles. The number of hydrogen-bond donors (Lipinski definition) is 3. The van der Waals surface area contributed by atoms with Crippen molar-refractivity contribution in [3.63, 3.8) is 0 Å². The van der Waals surface area contributed by atoms with Crippen molar-refractivity contribution in [1.29, 1.82) is 0 Å². The Morgan fingerprint density at radius 1 is 1.24 bits per heavy atom. The lowest BCUT2D eigenvalue weighted by Gasteiger charge is -2.08. The van der Waals surface area contributed by atoms with Crippen molar-refractivity contribution in [3.8, 4) is 5.75 Å². The number of nitrogens with one attached hydrogen (secondary N) is 2. The molecule has 0 saturated heterocycles. The van der Waals surface area contributed by atoms with Crippen LogP contribution in [0.4, 0.5) is 10.5 Å². The number of carbonyl (C=O) groups excluding carboxylic acids is 1. The zero-order valence-electron chi connectivity index (χ0n) is 11.3. The molecule has 2 aromatic carbocycles. The number of amides is 2. The number of halogens is 1. The predicted octanol–water partition coefficient (Wildman–Crippen LogP) is 3.51. The summed E-state index contributed by atoms with van der Waals surface area (Å²) in [6.07, 6.45) is 1.36. The summed E-state index contributed by atoms with van der Waals surface area (Å²) in [5.74, 6) is 0.0918. The van der Waals surface area contributed by atoms with Gasteiger partial charge in [-0.05, 0) is 36.8 Å². The van der Waals surface area contributed by atoms with Gasteiger partial charge >= 0.3 is 6.03 Å². The van der Waals surface area contributed by atoms with Crippen LogP contribution in [0.3, 0.4) is 0 Å². The first-order chi connectivity index (χ1) is 10.1. The fraction of sp³-hybridized carbons (Fsp3) is 0.0667. The predicted molar refractivity (Wildman–Crippen MR) is 84.0 cm³/mol. The number of aromatic hydroxyl groups is 1. The van der Waals surface area contributed by atoms with E-state index in [1.54, 1.807) is 36.4 Å². The third-order valence-electron chi connectivity index (χ3n) is 2.82. The van der Waals surface area contributed by atoms with Gasteiger partial charge in [0.1, 0.15) is 5.75 Å². The van der Waals surface area contributed by atoms with Crippen LogP contribution in [0.2, 0.25) is 5.02 Å². The molecule has 6 heteroatoms. The van der Waals surface area contributed by atoms with Gasteiger partial charge in [0.2, 0.25) is 0 Å². The highest BCUT2D eigenvalue weighted by Crippen LogP contribution is 2.22. The second-order valence-corrected chi connectivity index (χ2v) is 4.70. The molecule has 0 aliphatic carbocycles. The quantitative estimate of drug-likeness (QED) is 0.599. The average Bonchev–Trinajstić information content (AvgIpc) is 2.46. The number of hydrazone groups is 1. The van der Waals surface area contributed by atoms with Crippen molar-refractivity contribution in [1.82, 2.24) is 5.43 Å². The van der Waals surface area contributed by atoms with Gasteiger partial charge in [-0.1, -0.05) is 29.8 Å². The lowest BCUT2D eigenvalue weighted by molar-refractivity contribution is 0.252. The molecule has 0 bridgehead atoms. The van der Waals surface area contributed by atoms with Crippen molar-refractivity contribution < 1.29 is 9.90 Å². The van der Waals surface area contributed by atoms with E-state index in [4.69, 9.17) is 11.6 Å². The SMILES string of the molecule is Cc1c(Cl)cccc1NC(=O)N/N=C/c1ccccc1O. The topological polar surface area (TPSA) is 73.7 Å². The Balaban J connectivity index is 1.97. The summed E-state index contributed by atoms with van der Waals surface area (Å²) in [6.45, 7) is 1.81. The van der Waals surface area contributed by atoms with Crippen LogP contribution in [0.5, 0.6) is 5.75 Å². The van der Waals surface area contributed by atoms with E-state index in [0.29, 0.717) is 16.3 Å². The van der Waals surface area contributed by atoms with Crippen molar-refractivity contribution in [2.75, 3.05) is 5.32 Å². The lowest BCUT2D eigenvalue weighted by atomic mass is 10.2. The molecule has 0 spiro atoms. The van der Waals surface area contributed by atoms with Gasteiger partial charge in [0, 0.05) is 16.3 Å². The van der Waals surface area contributed by atoms with Gasteiger partial charge in [-0.15, -0.1) is 0 Å². The highest BCUT2D eigenvalue weighted by Gasteiger charge is 2.05. The maximum absolute atomic E-state index is 11.7. The van der Waals surface area contributed by atoms with Crippen molar-refractivity contribution in [3.05, 3.63) is 58.6 Å². The molecule has 0 fully saturated rings. The highest BCUT2D eigenvalue weighted by atomic mass is 35.5. The van der Waals surface area contributed by atoms with E-state index >= 15 is 0 Å². The molecule has 108 valence electrons. The first-order valence-corrected chi connectivity index (χ1v) is 6.59. The number of phenolic OH excluding ortho intramolecular Hbond substituents is 1. The maximum Gasteiger partial charge on any atom is 0.339 e. The molecule has 2 amide bonds. The summed E-state index contributed by atoms with van der Waals surface area (Å²) in [5, 5.41) is 16.5. The van der Waals surface area contributed by atoms with Crippen LogP contribution in [0.25, 0.3) is 0 Å². The summed E-state index contributed by atoms with van der Waals surface area (Å²) in [5.41, 5.74) is 4.22. The van der Waals surface area contributed by atoms with Crippen molar-refractivity contribution >= 4 is 29.5 Å². The minimum Gasteiger partial charge on any atom is -0.507 e. The number of nitrogens with zero attached hydrogens (tertiary/aromatic N) is 1. The normalized spacial score (nSPS) is 10.6. The Morgan fingerprint density at radius 3 is 2.76 bits per heavy atom. The van der Waals surface area contributed by atoms with Gasteiger partial charge < -0.3 is 10.4 Å². The molecule has 2 aromatic rings. The molecule has 0 aliphatic rings. The first-order valence-electron chi connectivity index (χ1n) is 6.21. The second-order valence-electron chi connectivity index (χ2n) is 4.30. The lowest BCUT2D eigenvalue weighted by Crippen LogP contribution is -2.24. The first kappa shape index (κ1) is 14.9. The number of phenols is 1. The molecule has 21 heavy (non-hydrogen) atoms. The average molecular weight is 304 g/mol. The number of para-hydroxylation sites is 1. The minimum absolute atomic E-state index is 0.0918. The summed E-state index contributed by atoms with van der Waals surface area (Å²) < 4.78 is 0. The van der Waals surface area contributed by atoms with E-state index < -0.39 is 6.03 Å². The van der Waals surface area contributed by atoms with Gasteiger partial charge in [0.15, 0.2) is 0 Å². The maximum atomic E-state index is 11.7. The largest absolute Gasteiger partial charge is 0.507 e. The monoisotopic (exact) mass is 303 g/mol. The number of hydrogen-bond acceptors (Lipinski definition) is 3. The second kappa shape index (κ2) is 6.76. The molecule has 0 radical (unpaired) electrons. The fourth-order valence-corrected chi connectivity index (χ4v) is 1.82. The number of rotatable bonds is 3. The Hall–Kier alpha value is -2.53. The highest BCUT2D eigenvalue weighted by molar-refractivity contribution is 6.31. The third kappa shape index (κ3) is 3.97. The Kier molecular flexibility index (Phi) is 4.79. The van der Waals surface area contributed by atoms with Gasteiger partial charge in [0.05, 0.1) is 6.21 Å². The van der Waals surface area contributed by atoms with Crippen LogP contribution in [-0.4, -0.2) is 17.4 Å².